The number of ether oxygens (including phenoxy) is 2. The highest BCUT2D eigenvalue weighted by Gasteiger charge is 2.36. The molecule has 116 valence electrons. The van der Waals surface area contributed by atoms with E-state index in [4.69, 9.17) is 4.74 Å². The first-order chi connectivity index (χ1) is 9.81. The summed E-state index contributed by atoms with van der Waals surface area (Å²) in [7, 11) is 0. The van der Waals surface area contributed by atoms with Crippen LogP contribution >= 0.6 is 0 Å². The lowest BCUT2D eigenvalue weighted by Gasteiger charge is -2.33. The van der Waals surface area contributed by atoms with E-state index in [1.165, 1.54) is 6.07 Å². The maximum absolute atomic E-state index is 12.9. The zero-order chi connectivity index (χ0) is 15.6. The molecular formula is C15H17F3O3. The Morgan fingerprint density at radius 2 is 2.00 bits per heavy atom. The number of rotatable bonds is 4. The Morgan fingerprint density at radius 1 is 1.33 bits per heavy atom. The van der Waals surface area contributed by atoms with Gasteiger partial charge in [-0.2, -0.15) is 13.2 Å². The van der Waals surface area contributed by atoms with Crippen LogP contribution in [0.4, 0.5) is 13.2 Å². The fraction of sp³-hybridized carbons (Fsp3) is 0.533. The zero-order valence-electron chi connectivity index (χ0n) is 11.9. The second-order valence-corrected chi connectivity index (χ2v) is 5.24. The van der Waals surface area contributed by atoms with E-state index in [-0.39, 0.29) is 18.5 Å². The van der Waals surface area contributed by atoms with Gasteiger partial charge in [-0.05, 0) is 43.9 Å². The lowest BCUT2D eigenvalue weighted by molar-refractivity contribution is -0.138. The SMILES string of the molecule is CCOC(=O)c1cc(OC2CC(C)C2)ccc1C(F)(F)F. The van der Waals surface area contributed by atoms with Crippen molar-refractivity contribution in [3.63, 3.8) is 0 Å². The van der Waals surface area contributed by atoms with Gasteiger partial charge in [0.1, 0.15) is 5.75 Å². The molecule has 0 spiro atoms. The molecule has 0 N–H and O–H groups in total. The van der Waals surface area contributed by atoms with Gasteiger partial charge >= 0.3 is 12.1 Å². The lowest BCUT2D eigenvalue weighted by Crippen LogP contribution is -2.32. The maximum Gasteiger partial charge on any atom is 0.417 e. The van der Waals surface area contributed by atoms with Crippen LogP contribution in [0.1, 0.15) is 42.6 Å². The third kappa shape index (κ3) is 3.68. The van der Waals surface area contributed by atoms with E-state index in [9.17, 15) is 18.0 Å². The number of esters is 1. The van der Waals surface area contributed by atoms with Crippen LogP contribution in [0.3, 0.4) is 0 Å². The highest BCUT2D eigenvalue weighted by Crippen LogP contribution is 2.36. The molecule has 0 aromatic heterocycles. The van der Waals surface area contributed by atoms with E-state index in [0.717, 1.165) is 25.0 Å². The summed E-state index contributed by atoms with van der Waals surface area (Å²) in [5.74, 6) is -0.158. The molecule has 1 aliphatic rings. The monoisotopic (exact) mass is 302 g/mol. The number of hydrogen-bond acceptors (Lipinski definition) is 3. The molecule has 0 atom stereocenters. The molecule has 6 heteroatoms. The Morgan fingerprint density at radius 3 is 2.52 bits per heavy atom. The summed E-state index contributed by atoms with van der Waals surface area (Å²) < 4.78 is 49.0. The molecule has 0 unspecified atom stereocenters. The number of carbonyl (C=O) groups is 1. The van der Waals surface area contributed by atoms with Crippen LogP contribution in [0, 0.1) is 5.92 Å². The predicted octanol–water partition coefficient (Wildman–Crippen LogP) is 4.06. The molecule has 0 amide bonds. The highest BCUT2D eigenvalue weighted by atomic mass is 19.4. The predicted molar refractivity (Wildman–Crippen MR) is 70.2 cm³/mol. The molecule has 1 aromatic rings. The Labute approximate surface area is 121 Å². The third-order valence-corrected chi connectivity index (χ3v) is 3.43. The van der Waals surface area contributed by atoms with Crippen LogP contribution in [-0.4, -0.2) is 18.7 Å². The molecule has 1 aromatic carbocycles. The van der Waals surface area contributed by atoms with Gasteiger partial charge in [0.15, 0.2) is 0 Å². The van der Waals surface area contributed by atoms with Gasteiger partial charge in [0.05, 0.1) is 23.8 Å². The van der Waals surface area contributed by atoms with E-state index < -0.39 is 23.3 Å². The summed E-state index contributed by atoms with van der Waals surface area (Å²) in [6.45, 7) is 3.64. The fourth-order valence-corrected chi connectivity index (χ4v) is 2.34. The van der Waals surface area contributed by atoms with Crippen molar-refractivity contribution in [2.45, 2.75) is 39.0 Å². The Balaban J connectivity index is 2.25. The first kappa shape index (κ1) is 15.7. The standard InChI is InChI=1S/C15H17F3O3/c1-3-20-14(19)12-8-10(21-11-6-9(2)7-11)4-5-13(12)15(16,17)18/h4-5,8-9,11H,3,6-7H2,1-2H3. The molecule has 3 nitrogen and oxygen atoms in total. The van der Waals surface area contributed by atoms with Crippen LogP contribution in [-0.2, 0) is 10.9 Å². The minimum absolute atomic E-state index is 0.00628. The summed E-state index contributed by atoms with van der Waals surface area (Å²) >= 11 is 0. The summed E-state index contributed by atoms with van der Waals surface area (Å²) in [5.41, 5.74) is -1.51. The first-order valence-electron chi connectivity index (χ1n) is 6.86. The van der Waals surface area contributed by atoms with Gasteiger partial charge in [-0.25, -0.2) is 4.79 Å². The quantitative estimate of drug-likeness (QED) is 0.787. The zero-order valence-corrected chi connectivity index (χ0v) is 11.9. The lowest BCUT2D eigenvalue weighted by atomic mass is 9.84. The molecule has 0 aliphatic heterocycles. The Hall–Kier alpha value is -1.72. The normalized spacial score (nSPS) is 21.6. The number of halogens is 3. The smallest absolute Gasteiger partial charge is 0.417 e. The van der Waals surface area contributed by atoms with Crippen molar-refractivity contribution < 1.29 is 27.4 Å². The molecule has 21 heavy (non-hydrogen) atoms. The summed E-state index contributed by atoms with van der Waals surface area (Å²) in [6, 6.07) is 3.22. The van der Waals surface area contributed by atoms with E-state index >= 15 is 0 Å². The van der Waals surface area contributed by atoms with Crippen LogP contribution in [0.5, 0.6) is 5.75 Å². The van der Waals surface area contributed by atoms with Gasteiger partial charge in [-0.15, -0.1) is 0 Å². The minimum Gasteiger partial charge on any atom is -0.490 e. The van der Waals surface area contributed by atoms with Crippen molar-refractivity contribution in [3.8, 4) is 5.75 Å². The van der Waals surface area contributed by atoms with Gasteiger partial charge in [0, 0.05) is 0 Å². The minimum atomic E-state index is -4.61. The maximum atomic E-state index is 12.9. The van der Waals surface area contributed by atoms with Crippen molar-refractivity contribution in [1.29, 1.82) is 0 Å². The van der Waals surface area contributed by atoms with E-state index in [1.807, 2.05) is 0 Å². The molecule has 1 fully saturated rings. The molecule has 1 saturated carbocycles. The molecular weight excluding hydrogens is 285 g/mol. The summed E-state index contributed by atoms with van der Waals surface area (Å²) in [6.07, 6.45) is -2.86. The highest BCUT2D eigenvalue weighted by molar-refractivity contribution is 5.91. The van der Waals surface area contributed by atoms with E-state index in [2.05, 4.69) is 11.7 Å². The summed E-state index contributed by atoms with van der Waals surface area (Å²) in [4.78, 5) is 11.7. The average molecular weight is 302 g/mol. The molecule has 0 heterocycles. The first-order valence-corrected chi connectivity index (χ1v) is 6.86. The Kier molecular flexibility index (Phi) is 4.44. The van der Waals surface area contributed by atoms with Crippen LogP contribution < -0.4 is 4.74 Å². The van der Waals surface area contributed by atoms with E-state index in [0.29, 0.717) is 5.92 Å². The van der Waals surface area contributed by atoms with Gasteiger partial charge in [-0.3, -0.25) is 0 Å². The van der Waals surface area contributed by atoms with Crippen LogP contribution in [0.15, 0.2) is 18.2 Å². The number of alkyl halides is 3. The van der Waals surface area contributed by atoms with Crippen LogP contribution in [0.2, 0.25) is 0 Å². The molecule has 0 bridgehead atoms. The van der Waals surface area contributed by atoms with Crippen molar-refractivity contribution >= 4 is 5.97 Å². The van der Waals surface area contributed by atoms with Crippen LogP contribution in [0.25, 0.3) is 0 Å². The number of benzene rings is 1. The van der Waals surface area contributed by atoms with Gasteiger partial charge in [0.25, 0.3) is 0 Å². The molecule has 2 rings (SSSR count). The van der Waals surface area contributed by atoms with Gasteiger partial charge in [0.2, 0.25) is 0 Å². The average Bonchev–Trinajstić information content (AvgIpc) is 2.36. The Bertz CT molecular complexity index is 519. The number of hydrogen-bond donors (Lipinski definition) is 0. The third-order valence-electron chi connectivity index (χ3n) is 3.43. The van der Waals surface area contributed by atoms with Gasteiger partial charge in [-0.1, -0.05) is 6.92 Å². The fourth-order valence-electron chi connectivity index (χ4n) is 2.34. The second kappa shape index (κ2) is 5.95. The van der Waals surface area contributed by atoms with Crippen molar-refractivity contribution in [1.82, 2.24) is 0 Å². The van der Waals surface area contributed by atoms with E-state index in [1.54, 1.807) is 6.92 Å². The number of carbonyl (C=O) groups excluding carboxylic acids is 1. The second-order valence-electron chi connectivity index (χ2n) is 5.24. The van der Waals surface area contributed by atoms with Crippen molar-refractivity contribution in [2.24, 2.45) is 5.92 Å². The molecule has 0 saturated heterocycles. The molecule has 0 radical (unpaired) electrons. The largest absolute Gasteiger partial charge is 0.490 e. The topological polar surface area (TPSA) is 35.5 Å². The summed E-state index contributed by atoms with van der Waals surface area (Å²) in [5, 5.41) is 0. The molecule has 1 aliphatic carbocycles. The van der Waals surface area contributed by atoms with Crippen molar-refractivity contribution in [3.05, 3.63) is 29.3 Å². The van der Waals surface area contributed by atoms with Gasteiger partial charge < -0.3 is 9.47 Å². The van der Waals surface area contributed by atoms with Crippen molar-refractivity contribution in [2.75, 3.05) is 6.61 Å².